The van der Waals surface area contributed by atoms with Crippen molar-refractivity contribution in [3.05, 3.63) is 0 Å². The third-order valence-electron chi connectivity index (χ3n) is 5.55. The Kier molecular flexibility index (Phi) is 13.3. The Bertz CT molecular complexity index is 394. The highest BCUT2D eigenvalue weighted by Crippen LogP contribution is 2.38. The second-order valence-electron chi connectivity index (χ2n) is 9.51. The minimum atomic E-state index is -2.55. The molecule has 0 bridgehead atoms. The molecule has 0 aromatic carbocycles. The molecule has 0 aliphatic rings. The molecule has 0 N–H and O–H groups in total. The van der Waals surface area contributed by atoms with Crippen molar-refractivity contribution in [2.75, 3.05) is 42.7 Å². The summed E-state index contributed by atoms with van der Waals surface area (Å²) < 4.78 is 34.0. The highest BCUT2D eigenvalue weighted by Gasteiger charge is 2.43. The first-order chi connectivity index (χ1) is 13.3. The average molecular weight is 503 g/mol. The fraction of sp³-hybridized carbons (Fsp3) is 1.00. The maximum Gasteiger partial charge on any atom is 0.500 e. The molecule has 11 heteroatoms. The zero-order valence-corrected chi connectivity index (χ0v) is 25.7. The molecule has 0 heterocycles. The molecule has 0 aliphatic carbocycles. The predicted molar refractivity (Wildman–Crippen MR) is 134 cm³/mol. The van der Waals surface area contributed by atoms with Gasteiger partial charge in [0.15, 0.2) is 0 Å². The molecule has 0 amide bonds. The van der Waals surface area contributed by atoms with Gasteiger partial charge in [-0.2, -0.15) is 11.8 Å². The lowest BCUT2D eigenvalue weighted by atomic mass is 10.5. The molecule has 0 saturated heterocycles. The van der Waals surface area contributed by atoms with Gasteiger partial charge in [-0.25, -0.2) is 0 Å². The SMILES string of the molecule is CO[Si](CCC(SC(CC[Si](OC)(OC)OC)[Si](C)(C)C)[Si](C)(C)C)(OC)OC. The van der Waals surface area contributed by atoms with Crippen LogP contribution in [0.3, 0.4) is 0 Å². The molecule has 2 atom stereocenters. The Hall–Kier alpha value is 0.978. The standard InChI is InChI=1S/C18H46O6SSi4/c1-19-28(20-2,21-3)15-13-17(26(7,8)9)25-18(27(10,11)12)14-16-29(22-4,23-5)24-6/h17-18H,13-16H2,1-12H3. The van der Waals surface area contributed by atoms with Crippen LogP contribution in [-0.4, -0.2) is 86.2 Å². The smallest absolute Gasteiger partial charge is 0.377 e. The first-order valence-corrected chi connectivity index (χ1v) is 22.2. The second kappa shape index (κ2) is 12.9. The van der Waals surface area contributed by atoms with E-state index >= 15 is 0 Å². The Balaban J connectivity index is 5.45. The van der Waals surface area contributed by atoms with Crippen LogP contribution in [0.5, 0.6) is 0 Å². The van der Waals surface area contributed by atoms with Crippen molar-refractivity contribution in [2.45, 2.75) is 74.0 Å². The third kappa shape index (κ3) is 9.56. The summed E-state index contributed by atoms with van der Waals surface area (Å²) >= 11 is 2.18. The zero-order chi connectivity index (χ0) is 22.9. The molecule has 29 heavy (non-hydrogen) atoms. The first-order valence-electron chi connectivity index (χ1n) is 10.2. The van der Waals surface area contributed by atoms with Gasteiger partial charge >= 0.3 is 17.6 Å². The summed E-state index contributed by atoms with van der Waals surface area (Å²) in [5, 5.41) is 0. The molecule has 0 saturated carbocycles. The topological polar surface area (TPSA) is 55.4 Å². The van der Waals surface area contributed by atoms with Gasteiger partial charge in [0.25, 0.3) is 0 Å². The van der Waals surface area contributed by atoms with E-state index < -0.39 is 33.8 Å². The van der Waals surface area contributed by atoms with Crippen LogP contribution in [0.2, 0.25) is 51.4 Å². The van der Waals surface area contributed by atoms with Crippen molar-refractivity contribution in [3.63, 3.8) is 0 Å². The van der Waals surface area contributed by atoms with Crippen LogP contribution in [0.15, 0.2) is 0 Å². The highest BCUT2D eigenvalue weighted by molar-refractivity contribution is 8.03. The second-order valence-corrected chi connectivity index (χ2v) is 28.8. The summed E-state index contributed by atoms with van der Waals surface area (Å²) in [5.41, 5.74) is 0. The molecule has 0 aromatic heterocycles. The van der Waals surface area contributed by atoms with E-state index in [-0.39, 0.29) is 0 Å². The van der Waals surface area contributed by atoms with Crippen molar-refractivity contribution >= 4 is 45.5 Å². The Morgan fingerprint density at radius 3 is 0.931 bits per heavy atom. The van der Waals surface area contributed by atoms with Gasteiger partial charge in [0.05, 0.1) is 16.1 Å². The quantitative estimate of drug-likeness (QED) is 0.282. The van der Waals surface area contributed by atoms with E-state index in [0.717, 1.165) is 24.9 Å². The Morgan fingerprint density at radius 1 is 0.517 bits per heavy atom. The van der Waals surface area contributed by atoms with Crippen LogP contribution in [0.4, 0.5) is 0 Å². The van der Waals surface area contributed by atoms with Gasteiger partial charge in [-0.05, 0) is 22.6 Å². The summed E-state index contributed by atoms with van der Waals surface area (Å²) in [6, 6.07) is 1.70. The van der Waals surface area contributed by atoms with Crippen molar-refractivity contribution < 1.29 is 26.6 Å². The number of hydrogen-bond acceptors (Lipinski definition) is 7. The van der Waals surface area contributed by atoms with E-state index in [1.165, 1.54) is 0 Å². The van der Waals surface area contributed by atoms with Crippen molar-refractivity contribution in [3.8, 4) is 0 Å². The summed E-state index contributed by atoms with van der Waals surface area (Å²) in [4.78, 5) is 1.21. The van der Waals surface area contributed by atoms with Crippen molar-refractivity contribution in [1.82, 2.24) is 0 Å². The number of hydrogen-bond donors (Lipinski definition) is 0. The first kappa shape index (κ1) is 30.0. The predicted octanol–water partition coefficient (Wildman–Crippen LogP) is 4.75. The minimum absolute atomic E-state index is 0.607. The Morgan fingerprint density at radius 2 is 0.759 bits per heavy atom. The summed E-state index contributed by atoms with van der Waals surface area (Å²) in [5.74, 6) is 0. The summed E-state index contributed by atoms with van der Waals surface area (Å²) in [6.45, 7) is 14.8. The van der Waals surface area contributed by atoms with Gasteiger partial charge in [0, 0.05) is 54.7 Å². The van der Waals surface area contributed by atoms with Gasteiger partial charge in [-0.3, -0.25) is 0 Å². The molecule has 0 aliphatic heterocycles. The molecular formula is C18H46O6SSi4. The molecular weight excluding hydrogens is 457 g/mol. The number of rotatable bonds is 16. The molecule has 0 spiro atoms. The summed E-state index contributed by atoms with van der Waals surface area (Å²) in [7, 11) is 2.27. The lowest BCUT2D eigenvalue weighted by molar-refractivity contribution is 0.123. The molecule has 2 unspecified atom stereocenters. The Labute approximate surface area is 188 Å². The maximum absolute atomic E-state index is 5.67. The monoisotopic (exact) mass is 502 g/mol. The normalized spacial score (nSPS) is 16.1. The highest BCUT2D eigenvalue weighted by atomic mass is 32.2. The molecule has 176 valence electrons. The van der Waals surface area contributed by atoms with Crippen LogP contribution in [0.1, 0.15) is 12.8 Å². The van der Waals surface area contributed by atoms with E-state index in [0.29, 0.717) is 9.75 Å². The van der Waals surface area contributed by atoms with E-state index in [4.69, 9.17) is 26.6 Å². The minimum Gasteiger partial charge on any atom is -0.377 e. The lowest BCUT2D eigenvalue weighted by Gasteiger charge is -2.38. The van der Waals surface area contributed by atoms with Gasteiger partial charge < -0.3 is 26.6 Å². The molecule has 0 rings (SSSR count). The lowest BCUT2D eigenvalue weighted by Crippen LogP contribution is -2.48. The van der Waals surface area contributed by atoms with Gasteiger partial charge in [-0.15, -0.1) is 0 Å². The largest absolute Gasteiger partial charge is 0.500 e. The van der Waals surface area contributed by atoms with Crippen LogP contribution in [-0.2, 0) is 26.6 Å². The van der Waals surface area contributed by atoms with E-state index in [2.05, 4.69) is 51.0 Å². The van der Waals surface area contributed by atoms with Crippen LogP contribution in [0.25, 0.3) is 0 Å². The average Bonchev–Trinajstić information content (AvgIpc) is 2.66. The van der Waals surface area contributed by atoms with E-state index in [1.807, 2.05) is 0 Å². The molecule has 0 fully saturated rings. The molecule has 6 nitrogen and oxygen atoms in total. The maximum atomic E-state index is 5.67. The zero-order valence-electron chi connectivity index (χ0n) is 20.8. The van der Waals surface area contributed by atoms with Gasteiger partial charge in [0.1, 0.15) is 0 Å². The van der Waals surface area contributed by atoms with Crippen LogP contribution >= 0.6 is 11.8 Å². The van der Waals surface area contributed by atoms with Gasteiger partial charge in [0.2, 0.25) is 0 Å². The molecule has 0 aromatic rings. The van der Waals surface area contributed by atoms with Gasteiger partial charge in [-0.1, -0.05) is 39.3 Å². The van der Waals surface area contributed by atoms with Crippen LogP contribution < -0.4 is 0 Å². The van der Waals surface area contributed by atoms with Crippen molar-refractivity contribution in [1.29, 1.82) is 0 Å². The molecule has 0 radical (unpaired) electrons. The van der Waals surface area contributed by atoms with E-state index in [1.54, 1.807) is 42.7 Å². The number of thioether (sulfide) groups is 1. The van der Waals surface area contributed by atoms with Crippen LogP contribution in [0, 0.1) is 0 Å². The third-order valence-corrected chi connectivity index (χ3v) is 21.7. The fourth-order valence-electron chi connectivity index (χ4n) is 3.34. The van der Waals surface area contributed by atoms with Crippen molar-refractivity contribution in [2.24, 2.45) is 0 Å². The van der Waals surface area contributed by atoms with E-state index in [9.17, 15) is 0 Å². The fourth-order valence-corrected chi connectivity index (χ4v) is 15.4. The summed E-state index contributed by atoms with van der Waals surface area (Å²) in [6.07, 6.45) is 2.12.